The van der Waals surface area contributed by atoms with Crippen molar-refractivity contribution in [3.63, 3.8) is 0 Å². The lowest BCUT2D eigenvalue weighted by Gasteiger charge is -2.16. The van der Waals surface area contributed by atoms with Gasteiger partial charge in [-0.25, -0.2) is 0 Å². The first-order valence-electron chi connectivity index (χ1n) is 5.04. The molecule has 0 saturated carbocycles. The van der Waals surface area contributed by atoms with Crippen LogP contribution < -0.4 is 5.32 Å². The highest BCUT2D eigenvalue weighted by Gasteiger charge is 2.05. The number of hydrogen-bond acceptors (Lipinski definition) is 3. The first-order chi connectivity index (χ1) is 6.20. The fourth-order valence-corrected chi connectivity index (χ4v) is 1.07. The third-order valence-electron chi connectivity index (χ3n) is 1.77. The highest BCUT2D eigenvalue weighted by molar-refractivity contribution is 4.55. The molecule has 0 spiro atoms. The van der Waals surface area contributed by atoms with Crippen molar-refractivity contribution in [3.8, 4) is 0 Å². The molecule has 2 unspecified atom stereocenters. The average molecular weight is 189 g/mol. The minimum absolute atomic E-state index is 0.208. The van der Waals surface area contributed by atoms with Crippen molar-refractivity contribution in [3.05, 3.63) is 0 Å². The van der Waals surface area contributed by atoms with Crippen molar-refractivity contribution in [2.45, 2.75) is 26.9 Å². The molecular weight excluding hydrogens is 166 g/mol. The molecular formula is C10H23NO2. The van der Waals surface area contributed by atoms with Crippen LogP contribution in [0.25, 0.3) is 0 Å². The maximum absolute atomic E-state index is 5.59. The third kappa shape index (κ3) is 8.22. The summed E-state index contributed by atoms with van der Waals surface area (Å²) in [7, 11) is 1.96. The van der Waals surface area contributed by atoms with Crippen LogP contribution in [0.4, 0.5) is 0 Å². The van der Waals surface area contributed by atoms with Gasteiger partial charge in [0.2, 0.25) is 0 Å². The van der Waals surface area contributed by atoms with E-state index in [1.54, 1.807) is 0 Å². The number of hydrogen-bond donors (Lipinski definition) is 1. The largest absolute Gasteiger partial charge is 0.379 e. The molecule has 0 aliphatic heterocycles. The summed E-state index contributed by atoms with van der Waals surface area (Å²) < 4.78 is 10.8. The smallest absolute Gasteiger partial charge is 0.0780 e. The fraction of sp³-hybridized carbons (Fsp3) is 1.00. The van der Waals surface area contributed by atoms with E-state index in [0.29, 0.717) is 12.5 Å². The summed E-state index contributed by atoms with van der Waals surface area (Å²) in [6.07, 6.45) is 0.208. The molecule has 1 N–H and O–H groups in total. The van der Waals surface area contributed by atoms with Crippen LogP contribution in [0.3, 0.4) is 0 Å². The Kier molecular flexibility index (Phi) is 8.40. The van der Waals surface area contributed by atoms with Gasteiger partial charge in [0.1, 0.15) is 0 Å². The van der Waals surface area contributed by atoms with Gasteiger partial charge in [-0.3, -0.25) is 0 Å². The van der Waals surface area contributed by atoms with E-state index in [2.05, 4.69) is 12.2 Å². The standard InChI is InChI=1S/C10H23NO2/c1-5-12-8-10(3)13-7-9(2)6-11-4/h9-11H,5-8H2,1-4H3. The van der Waals surface area contributed by atoms with Crippen molar-refractivity contribution in [1.29, 1.82) is 0 Å². The van der Waals surface area contributed by atoms with Crippen LogP contribution >= 0.6 is 0 Å². The van der Waals surface area contributed by atoms with E-state index in [-0.39, 0.29) is 6.10 Å². The number of ether oxygens (including phenoxy) is 2. The molecule has 0 fully saturated rings. The summed E-state index contributed by atoms with van der Waals surface area (Å²) in [5.41, 5.74) is 0. The molecule has 0 rings (SSSR count). The van der Waals surface area contributed by atoms with Crippen molar-refractivity contribution in [2.75, 3.05) is 33.4 Å². The van der Waals surface area contributed by atoms with Crippen molar-refractivity contribution >= 4 is 0 Å². The van der Waals surface area contributed by atoms with Crippen molar-refractivity contribution in [2.24, 2.45) is 5.92 Å². The monoisotopic (exact) mass is 189 g/mol. The van der Waals surface area contributed by atoms with E-state index in [9.17, 15) is 0 Å². The predicted molar refractivity (Wildman–Crippen MR) is 55.0 cm³/mol. The second-order valence-corrected chi connectivity index (χ2v) is 3.47. The van der Waals surface area contributed by atoms with E-state index < -0.39 is 0 Å². The van der Waals surface area contributed by atoms with Crippen molar-refractivity contribution in [1.82, 2.24) is 5.32 Å². The highest BCUT2D eigenvalue weighted by atomic mass is 16.5. The topological polar surface area (TPSA) is 30.5 Å². The fourth-order valence-electron chi connectivity index (χ4n) is 1.07. The van der Waals surface area contributed by atoms with Gasteiger partial charge in [0.15, 0.2) is 0 Å². The average Bonchev–Trinajstić information content (AvgIpc) is 2.12. The molecule has 0 radical (unpaired) electrons. The Labute approximate surface area is 81.8 Å². The van der Waals surface area contributed by atoms with Gasteiger partial charge in [0.05, 0.1) is 19.3 Å². The van der Waals surface area contributed by atoms with E-state index in [1.165, 1.54) is 0 Å². The molecule has 13 heavy (non-hydrogen) atoms. The van der Waals surface area contributed by atoms with Gasteiger partial charge in [-0.05, 0) is 33.4 Å². The van der Waals surface area contributed by atoms with Crippen LogP contribution in [0.2, 0.25) is 0 Å². The summed E-state index contributed by atoms with van der Waals surface area (Å²) >= 11 is 0. The number of rotatable bonds is 8. The maximum atomic E-state index is 5.59. The molecule has 2 atom stereocenters. The Morgan fingerprint density at radius 2 is 1.92 bits per heavy atom. The molecule has 0 amide bonds. The molecule has 0 heterocycles. The molecule has 0 aliphatic carbocycles. The highest BCUT2D eigenvalue weighted by Crippen LogP contribution is 1.98. The molecule has 0 saturated heterocycles. The second kappa shape index (κ2) is 8.48. The van der Waals surface area contributed by atoms with E-state index in [0.717, 1.165) is 19.8 Å². The minimum atomic E-state index is 0.208. The lowest BCUT2D eigenvalue weighted by molar-refractivity contribution is -0.0146. The first kappa shape index (κ1) is 12.9. The SMILES string of the molecule is CCOCC(C)OCC(C)CNC. The second-order valence-electron chi connectivity index (χ2n) is 3.47. The summed E-state index contributed by atoms with van der Waals surface area (Å²) in [5.74, 6) is 0.564. The Morgan fingerprint density at radius 1 is 1.23 bits per heavy atom. The van der Waals surface area contributed by atoms with Crippen LogP contribution in [-0.2, 0) is 9.47 Å². The zero-order valence-corrected chi connectivity index (χ0v) is 9.30. The third-order valence-corrected chi connectivity index (χ3v) is 1.77. The summed E-state index contributed by atoms with van der Waals surface area (Å²) in [5, 5.41) is 3.12. The molecule has 0 aliphatic rings. The molecule has 3 heteroatoms. The Bertz CT molecular complexity index is 109. The van der Waals surface area contributed by atoms with Gasteiger partial charge in [-0.2, -0.15) is 0 Å². The summed E-state index contributed by atoms with van der Waals surface area (Å²) in [4.78, 5) is 0. The van der Waals surface area contributed by atoms with Crippen LogP contribution in [-0.4, -0.2) is 39.5 Å². The van der Waals surface area contributed by atoms with E-state index in [1.807, 2.05) is 20.9 Å². The van der Waals surface area contributed by atoms with Gasteiger partial charge in [0.25, 0.3) is 0 Å². The molecule has 3 nitrogen and oxygen atoms in total. The van der Waals surface area contributed by atoms with Crippen molar-refractivity contribution < 1.29 is 9.47 Å². The van der Waals surface area contributed by atoms with Crippen LogP contribution in [0.5, 0.6) is 0 Å². The molecule has 0 aromatic carbocycles. The first-order valence-corrected chi connectivity index (χ1v) is 5.04. The maximum Gasteiger partial charge on any atom is 0.0780 e. The van der Waals surface area contributed by atoms with Gasteiger partial charge in [-0.1, -0.05) is 6.92 Å². The van der Waals surface area contributed by atoms with E-state index in [4.69, 9.17) is 9.47 Å². The van der Waals surface area contributed by atoms with Gasteiger partial charge in [-0.15, -0.1) is 0 Å². The molecule has 80 valence electrons. The quantitative estimate of drug-likeness (QED) is 0.624. The Hall–Kier alpha value is -0.120. The van der Waals surface area contributed by atoms with Crippen LogP contribution in [0, 0.1) is 5.92 Å². The lowest BCUT2D eigenvalue weighted by atomic mass is 10.2. The van der Waals surface area contributed by atoms with Gasteiger partial charge >= 0.3 is 0 Å². The van der Waals surface area contributed by atoms with Gasteiger partial charge in [0, 0.05) is 6.61 Å². The predicted octanol–water partition coefficient (Wildman–Crippen LogP) is 1.28. The zero-order chi connectivity index (χ0) is 10.1. The minimum Gasteiger partial charge on any atom is -0.379 e. The van der Waals surface area contributed by atoms with Crippen LogP contribution in [0.1, 0.15) is 20.8 Å². The van der Waals surface area contributed by atoms with Crippen LogP contribution in [0.15, 0.2) is 0 Å². The summed E-state index contributed by atoms with van der Waals surface area (Å²) in [6, 6.07) is 0. The Balaban J connectivity index is 3.29. The molecule has 0 bridgehead atoms. The lowest BCUT2D eigenvalue weighted by Crippen LogP contribution is -2.24. The van der Waals surface area contributed by atoms with Gasteiger partial charge < -0.3 is 14.8 Å². The Morgan fingerprint density at radius 3 is 2.46 bits per heavy atom. The normalized spacial score (nSPS) is 15.7. The zero-order valence-electron chi connectivity index (χ0n) is 9.30. The number of nitrogens with one attached hydrogen (secondary N) is 1. The molecule has 0 aromatic rings. The van der Waals surface area contributed by atoms with E-state index >= 15 is 0 Å². The molecule has 0 aromatic heterocycles. The summed E-state index contributed by atoms with van der Waals surface area (Å²) in [6.45, 7) is 9.47.